The highest BCUT2D eigenvalue weighted by Gasteiger charge is 2.41. The van der Waals surface area contributed by atoms with E-state index in [2.05, 4.69) is 54.5 Å². The van der Waals surface area contributed by atoms with Crippen LogP contribution in [-0.2, 0) is 25.6 Å². The predicted molar refractivity (Wildman–Crippen MR) is 164 cm³/mol. The zero-order valence-electron chi connectivity index (χ0n) is 25.4. The van der Waals surface area contributed by atoms with Gasteiger partial charge in [0.1, 0.15) is 0 Å². The van der Waals surface area contributed by atoms with Crippen molar-refractivity contribution in [3.8, 4) is 0 Å². The number of carboxylic acids is 2. The minimum absolute atomic E-state index is 0.0332. The van der Waals surface area contributed by atoms with Crippen molar-refractivity contribution in [2.45, 2.75) is 52.0 Å². The SMILES string of the molecule is CNC1CN(Cc2ccccc2)CCC1C.Cc1ccc(C(=O)O[C@H](C(=O)O)[C@H](OC(=O)c2ccc(C)cc2)C(=O)O)cc1. The molecule has 4 rings (SSSR count). The third-order valence-corrected chi connectivity index (χ3v) is 7.47. The number of ether oxygens (including phenoxy) is 2. The Balaban J connectivity index is 0.000000278. The molecule has 3 aromatic carbocycles. The van der Waals surface area contributed by atoms with Crippen LogP contribution in [0.2, 0.25) is 0 Å². The van der Waals surface area contributed by atoms with E-state index in [4.69, 9.17) is 9.47 Å². The summed E-state index contributed by atoms with van der Waals surface area (Å²) >= 11 is 0. The highest BCUT2D eigenvalue weighted by atomic mass is 16.6. The van der Waals surface area contributed by atoms with Gasteiger partial charge in [0.2, 0.25) is 12.2 Å². The fraction of sp³-hybridized carbons (Fsp3) is 0.353. The molecular formula is C34H40N2O8. The van der Waals surface area contributed by atoms with Gasteiger partial charge in [0, 0.05) is 19.1 Å². The molecule has 0 aliphatic carbocycles. The smallest absolute Gasteiger partial charge is 0.349 e. The maximum absolute atomic E-state index is 12.2. The standard InChI is InChI=1S/C20H18O8.C14H22N2/c1-11-3-7-13(8-4-11)19(25)27-15(17(21)22)16(18(23)24)28-20(26)14-9-5-12(2)6-10-14;1-12-8-9-16(11-14(12)15-2)10-13-6-4-3-5-7-13/h3-10,15-16H,1-2H3,(H,21,22)(H,23,24);3-7,12,14-15H,8-11H2,1-2H3/t15-,16-;/m0./s1. The van der Waals surface area contributed by atoms with Gasteiger partial charge in [-0.25, -0.2) is 19.2 Å². The maximum atomic E-state index is 12.2. The zero-order chi connectivity index (χ0) is 32.2. The van der Waals surface area contributed by atoms with Crippen molar-refractivity contribution in [1.82, 2.24) is 10.2 Å². The first-order valence-electron chi connectivity index (χ1n) is 14.4. The van der Waals surface area contributed by atoms with Crippen LogP contribution >= 0.6 is 0 Å². The Labute approximate surface area is 257 Å². The van der Waals surface area contributed by atoms with Gasteiger partial charge in [-0.1, -0.05) is 72.6 Å². The Bertz CT molecular complexity index is 1320. The number of likely N-dealkylation sites (N-methyl/N-ethyl adjacent to an activating group) is 1. The molecule has 1 aliphatic heterocycles. The molecule has 3 N–H and O–H groups in total. The molecule has 3 aromatic rings. The highest BCUT2D eigenvalue weighted by molar-refractivity contribution is 5.95. The minimum Gasteiger partial charge on any atom is -0.478 e. The van der Waals surface area contributed by atoms with E-state index >= 15 is 0 Å². The van der Waals surface area contributed by atoms with Gasteiger partial charge in [0.05, 0.1) is 11.1 Å². The molecule has 2 unspecified atom stereocenters. The summed E-state index contributed by atoms with van der Waals surface area (Å²) in [5.74, 6) is -4.82. The van der Waals surface area contributed by atoms with Crippen molar-refractivity contribution < 1.29 is 38.9 Å². The van der Waals surface area contributed by atoms with Gasteiger partial charge < -0.3 is 25.0 Å². The Hall–Kier alpha value is -4.54. The van der Waals surface area contributed by atoms with Crippen LogP contribution in [0.5, 0.6) is 0 Å². The molecule has 1 saturated heterocycles. The van der Waals surface area contributed by atoms with Crippen LogP contribution in [0.1, 0.15) is 50.8 Å². The lowest BCUT2D eigenvalue weighted by molar-refractivity contribution is -0.166. The lowest BCUT2D eigenvalue weighted by atomic mass is 9.93. The van der Waals surface area contributed by atoms with E-state index in [0.29, 0.717) is 6.04 Å². The summed E-state index contributed by atoms with van der Waals surface area (Å²) in [6.07, 6.45) is -3.14. The Morgan fingerprint density at radius 2 is 1.25 bits per heavy atom. The van der Waals surface area contributed by atoms with Crippen molar-refractivity contribution in [2.24, 2.45) is 5.92 Å². The summed E-state index contributed by atoms with van der Waals surface area (Å²) in [6, 6.07) is 23.5. The summed E-state index contributed by atoms with van der Waals surface area (Å²) in [6.45, 7) is 9.42. The van der Waals surface area contributed by atoms with Crippen LogP contribution in [-0.4, -0.2) is 77.4 Å². The van der Waals surface area contributed by atoms with Gasteiger partial charge in [-0.3, -0.25) is 4.90 Å². The fourth-order valence-corrected chi connectivity index (χ4v) is 4.73. The number of benzene rings is 3. The third-order valence-electron chi connectivity index (χ3n) is 7.47. The number of hydrogen-bond acceptors (Lipinski definition) is 8. The third kappa shape index (κ3) is 10.0. The second-order valence-corrected chi connectivity index (χ2v) is 10.9. The number of esters is 2. The lowest BCUT2D eigenvalue weighted by Crippen LogP contribution is -2.48. The first kappa shape index (κ1) is 34.0. The van der Waals surface area contributed by atoms with Gasteiger partial charge in [0.25, 0.3) is 0 Å². The first-order valence-corrected chi connectivity index (χ1v) is 14.4. The first-order chi connectivity index (χ1) is 21.0. The van der Waals surface area contributed by atoms with Gasteiger partial charge in [0.15, 0.2) is 0 Å². The molecule has 0 aromatic heterocycles. The van der Waals surface area contributed by atoms with Crippen molar-refractivity contribution in [2.75, 3.05) is 20.1 Å². The van der Waals surface area contributed by atoms with E-state index in [1.807, 2.05) is 0 Å². The molecule has 0 bridgehead atoms. The quantitative estimate of drug-likeness (QED) is 0.286. The Kier molecular flexibility index (Phi) is 12.6. The van der Waals surface area contributed by atoms with E-state index in [1.54, 1.807) is 38.1 Å². The molecule has 1 fully saturated rings. The molecule has 44 heavy (non-hydrogen) atoms. The summed E-state index contributed by atoms with van der Waals surface area (Å²) in [5.41, 5.74) is 3.21. The summed E-state index contributed by atoms with van der Waals surface area (Å²) in [5, 5.41) is 22.1. The summed E-state index contributed by atoms with van der Waals surface area (Å²) < 4.78 is 9.64. The van der Waals surface area contributed by atoms with Crippen LogP contribution in [0.3, 0.4) is 0 Å². The second-order valence-electron chi connectivity index (χ2n) is 10.9. The van der Waals surface area contributed by atoms with Gasteiger partial charge in [-0.05, 0) is 69.6 Å². The predicted octanol–water partition coefficient (Wildman–Crippen LogP) is 4.34. The normalized spacial score (nSPS) is 17.7. The average Bonchev–Trinajstić information content (AvgIpc) is 3.01. The second kappa shape index (κ2) is 16.3. The summed E-state index contributed by atoms with van der Waals surface area (Å²) in [7, 11) is 2.08. The van der Waals surface area contributed by atoms with Crippen LogP contribution < -0.4 is 5.32 Å². The van der Waals surface area contributed by atoms with E-state index in [9.17, 15) is 29.4 Å². The molecular weight excluding hydrogens is 564 g/mol. The van der Waals surface area contributed by atoms with E-state index in [0.717, 1.165) is 23.6 Å². The number of piperidine rings is 1. The fourth-order valence-electron chi connectivity index (χ4n) is 4.73. The topological polar surface area (TPSA) is 142 Å². The average molecular weight is 605 g/mol. The summed E-state index contributed by atoms with van der Waals surface area (Å²) in [4.78, 5) is 49.9. The highest BCUT2D eigenvalue weighted by Crippen LogP contribution is 2.19. The van der Waals surface area contributed by atoms with Crippen LogP contribution in [0.4, 0.5) is 0 Å². The number of carboxylic acid groups (broad SMARTS) is 2. The zero-order valence-corrected chi connectivity index (χ0v) is 25.4. The number of nitrogens with zero attached hydrogens (tertiary/aromatic N) is 1. The number of aliphatic carboxylic acids is 2. The molecule has 1 aliphatic rings. The van der Waals surface area contributed by atoms with E-state index < -0.39 is 36.1 Å². The van der Waals surface area contributed by atoms with Crippen LogP contribution in [0, 0.1) is 19.8 Å². The number of carbonyl (C=O) groups excluding carboxylic acids is 2. The van der Waals surface area contributed by atoms with Gasteiger partial charge in [-0.15, -0.1) is 0 Å². The largest absolute Gasteiger partial charge is 0.478 e. The van der Waals surface area contributed by atoms with E-state index in [1.165, 1.54) is 49.3 Å². The van der Waals surface area contributed by atoms with Crippen molar-refractivity contribution in [3.05, 3.63) is 107 Å². The van der Waals surface area contributed by atoms with Crippen molar-refractivity contribution >= 4 is 23.9 Å². The lowest BCUT2D eigenvalue weighted by Gasteiger charge is -2.37. The molecule has 1 heterocycles. The Morgan fingerprint density at radius 1 is 0.795 bits per heavy atom. The van der Waals surface area contributed by atoms with Gasteiger partial charge in [-0.2, -0.15) is 0 Å². The number of rotatable bonds is 10. The molecule has 10 nitrogen and oxygen atoms in total. The molecule has 0 spiro atoms. The molecule has 0 radical (unpaired) electrons. The monoisotopic (exact) mass is 604 g/mol. The number of carbonyl (C=O) groups is 4. The molecule has 0 amide bonds. The van der Waals surface area contributed by atoms with Crippen molar-refractivity contribution in [3.63, 3.8) is 0 Å². The number of likely N-dealkylation sites (tertiary alicyclic amines) is 1. The maximum Gasteiger partial charge on any atom is 0.349 e. The Morgan fingerprint density at radius 3 is 1.66 bits per heavy atom. The molecule has 10 heteroatoms. The van der Waals surface area contributed by atoms with Crippen LogP contribution in [0.25, 0.3) is 0 Å². The van der Waals surface area contributed by atoms with E-state index in [-0.39, 0.29) is 11.1 Å². The number of aryl methyl sites for hydroxylation is 2. The van der Waals surface area contributed by atoms with Gasteiger partial charge >= 0.3 is 23.9 Å². The molecule has 4 atom stereocenters. The van der Waals surface area contributed by atoms with Crippen LogP contribution in [0.15, 0.2) is 78.9 Å². The van der Waals surface area contributed by atoms with Crippen molar-refractivity contribution in [1.29, 1.82) is 0 Å². The number of nitrogens with one attached hydrogen (secondary N) is 1. The molecule has 0 saturated carbocycles. The number of hydrogen-bond donors (Lipinski definition) is 3. The minimum atomic E-state index is -2.22. The molecule has 234 valence electrons.